The summed E-state index contributed by atoms with van der Waals surface area (Å²) in [6.07, 6.45) is 1.70. The lowest BCUT2D eigenvalue weighted by Crippen LogP contribution is -2.51. The molecule has 5 rings (SSSR count). The van der Waals surface area contributed by atoms with Gasteiger partial charge in [-0.05, 0) is 42.5 Å². The standard InChI is InChI=1S/C26H27N9O/c27-10-12-28-24(36)20-3-1-19(2-4-20)23-9-11-29-25(33-23)32-21-5-7-22(8-6-21)34-15-17-35(18-16-34)26-30-13-14-31-26/h1-9,11H,12-18H2,(H,28,36)(H,30,31)(H,29,32,33). The van der Waals surface area contributed by atoms with E-state index < -0.39 is 0 Å². The molecule has 10 heteroatoms. The number of piperazine rings is 1. The fraction of sp³-hybridized carbons (Fsp3) is 0.269. The van der Waals surface area contributed by atoms with E-state index in [4.69, 9.17) is 5.26 Å². The predicted octanol–water partition coefficient (Wildman–Crippen LogP) is 2.22. The summed E-state index contributed by atoms with van der Waals surface area (Å²) in [5, 5.41) is 17.8. The third-order valence-corrected chi connectivity index (χ3v) is 6.15. The summed E-state index contributed by atoms with van der Waals surface area (Å²) in [4.78, 5) is 30.2. The summed E-state index contributed by atoms with van der Waals surface area (Å²) in [5.74, 6) is 1.25. The van der Waals surface area contributed by atoms with E-state index in [0.29, 0.717) is 11.5 Å². The van der Waals surface area contributed by atoms with E-state index in [1.807, 2.05) is 36.4 Å². The second-order valence-corrected chi connectivity index (χ2v) is 8.46. The molecule has 1 aromatic heterocycles. The van der Waals surface area contributed by atoms with Crippen LogP contribution in [0.25, 0.3) is 11.3 Å². The number of hydrogen-bond acceptors (Lipinski definition) is 9. The fourth-order valence-electron chi connectivity index (χ4n) is 4.25. The molecule has 0 atom stereocenters. The number of anilines is 3. The maximum atomic E-state index is 12.0. The van der Waals surface area contributed by atoms with Gasteiger partial charge in [-0.15, -0.1) is 0 Å². The van der Waals surface area contributed by atoms with Crippen LogP contribution in [0.4, 0.5) is 17.3 Å². The van der Waals surface area contributed by atoms with Crippen molar-refractivity contribution < 1.29 is 4.79 Å². The second kappa shape index (κ2) is 10.7. The van der Waals surface area contributed by atoms with Crippen LogP contribution in [0, 0.1) is 11.3 Å². The van der Waals surface area contributed by atoms with Crippen LogP contribution < -0.4 is 20.9 Å². The van der Waals surface area contributed by atoms with Gasteiger partial charge >= 0.3 is 0 Å². The molecule has 0 spiro atoms. The lowest BCUT2D eigenvalue weighted by molar-refractivity contribution is 0.0958. The number of rotatable bonds is 6. The van der Waals surface area contributed by atoms with Crippen molar-refractivity contribution in [2.75, 3.05) is 56.0 Å². The van der Waals surface area contributed by atoms with Crippen molar-refractivity contribution in [2.45, 2.75) is 0 Å². The first-order valence-electron chi connectivity index (χ1n) is 11.9. The zero-order valence-corrected chi connectivity index (χ0v) is 19.8. The number of nitriles is 1. The van der Waals surface area contributed by atoms with Crippen LogP contribution in [0.3, 0.4) is 0 Å². The van der Waals surface area contributed by atoms with Crippen molar-refractivity contribution in [3.05, 3.63) is 66.4 Å². The van der Waals surface area contributed by atoms with E-state index in [1.165, 1.54) is 5.69 Å². The van der Waals surface area contributed by atoms with Gasteiger partial charge < -0.3 is 25.8 Å². The minimum atomic E-state index is -0.279. The van der Waals surface area contributed by atoms with Crippen LogP contribution in [-0.4, -0.2) is 72.5 Å². The average Bonchev–Trinajstić information content (AvgIpc) is 3.48. The van der Waals surface area contributed by atoms with E-state index in [9.17, 15) is 4.79 Å². The van der Waals surface area contributed by atoms with Crippen molar-refractivity contribution in [2.24, 2.45) is 4.99 Å². The molecule has 0 aliphatic carbocycles. The highest BCUT2D eigenvalue weighted by Crippen LogP contribution is 2.23. The molecule has 1 saturated heterocycles. The predicted molar refractivity (Wildman–Crippen MR) is 139 cm³/mol. The first-order chi connectivity index (χ1) is 17.7. The summed E-state index contributed by atoms with van der Waals surface area (Å²) in [5.41, 5.74) is 4.20. The molecule has 1 amide bonds. The van der Waals surface area contributed by atoms with E-state index in [1.54, 1.807) is 18.3 Å². The summed E-state index contributed by atoms with van der Waals surface area (Å²) >= 11 is 0. The molecule has 2 aliphatic heterocycles. The topological polar surface area (TPSA) is 122 Å². The van der Waals surface area contributed by atoms with E-state index >= 15 is 0 Å². The number of benzene rings is 2. The highest BCUT2D eigenvalue weighted by Gasteiger charge is 2.21. The zero-order chi connectivity index (χ0) is 24.7. The summed E-state index contributed by atoms with van der Waals surface area (Å²) in [6.45, 7) is 5.61. The van der Waals surface area contributed by atoms with Gasteiger partial charge in [0.2, 0.25) is 5.95 Å². The van der Waals surface area contributed by atoms with Gasteiger partial charge in [0.1, 0.15) is 6.54 Å². The number of nitrogens with one attached hydrogen (secondary N) is 3. The molecule has 1 fully saturated rings. The lowest BCUT2D eigenvalue weighted by atomic mass is 10.1. The summed E-state index contributed by atoms with van der Waals surface area (Å²) in [6, 6.07) is 19.1. The van der Waals surface area contributed by atoms with Crippen LogP contribution in [0.15, 0.2) is 65.8 Å². The van der Waals surface area contributed by atoms with Gasteiger partial charge in [0.05, 0.1) is 18.3 Å². The van der Waals surface area contributed by atoms with Crippen LogP contribution >= 0.6 is 0 Å². The van der Waals surface area contributed by atoms with Gasteiger partial charge in [-0.2, -0.15) is 5.26 Å². The van der Waals surface area contributed by atoms with Gasteiger partial charge in [-0.3, -0.25) is 9.79 Å². The minimum Gasteiger partial charge on any atom is -0.368 e. The van der Waals surface area contributed by atoms with Crippen molar-refractivity contribution >= 4 is 29.2 Å². The molecule has 3 aromatic rings. The molecule has 0 unspecified atom stereocenters. The number of carbonyl (C=O) groups excluding carboxylic acids is 1. The molecule has 36 heavy (non-hydrogen) atoms. The third kappa shape index (κ3) is 5.36. The number of guanidine groups is 1. The van der Waals surface area contributed by atoms with Crippen LogP contribution in [-0.2, 0) is 0 Å². The number of amides is 1. The van der Waals surface area contributed by atoms with Gasteiger partial charge in [0, 0.05) is 61.4 Å². The summed E-state index contributed by atoms with van der Waals surface area (Å²) in [7, 11) is 0. The molecular weight excluding hydrogens is 454 g/mol. The van der Waals surface area contributed by atoms with E-state index in [2.05, 4.69) is 52.8 Å². The number of aliphatic imine (C=N–C) groups is 1. The van der Waals surface area contributed by atoms with Crippen molar-refractivity contribution in [3.8, 4) is 17.3 Å². The van der Waals surface area contributed by atoms with Gasteiger partial charge in [-0.1, -0.05) is 12.1 Å². The Morgan fingerprint density at radius 3 is 2.44 bits per heavy atom. The highest BCUT2D eigenvalue weighted by molar-refractivity contribution is 5.94. The average molecular weight is 482 g/mol. The molecule has 3 heterocycles. The Bertz CT molecular complexity index is 1270. The van der Waals surface area contributed by atoms with Crippen LogP contribution in [0.1, 0.15) is 10.4 Å². The minimum absolute atomic E-state index is 0.0208. The third-order valence-electron chi connectivity index (χ3n) is 6.15. The van der Waals surface area contributed by atoms with Gasteiger partial charge in [-0.25, -0.2) is 9.97 Å². The number of aromatic nitrogens is 2. The van der Waals surface area contributed by atoms with Crippen LogP contribution in [0.2, 0.25) is 0 Å². The Morgan fingerprint density at radius 2 is 1.75 bits per heavy atom. The normalized spacial score (nSPS) is 15.0. The van der Waals surface area contributed by atoms with Crippen molar-refractivity contribution in [1.29, 1.82) is 5.26 Å². The molecule has 3 N–H and O–H groups in total. The Labute approximate surface area is 209 Å². The first-order valence-corrected chi connectivity index (χ1v) is 11.9. The SMILES string of the molecule is N#CCNC(=O)c1ccc(-c2ccnc(Nc3ccc(N4CCN(C5=NCCN5)CC4)cc3)n2)cc1. The van der Waals surface area contributed by atoms with Crippen LogP contribution in [0.5, 0.6) is 0 Å². The fourth-order valence-corrected chi connectivity index (χ4v) is 4.25. The number of nitrogens with zero attached hydrogens (tertiary/aromatic N) is 6. The first kappa shape index (κ1) is 23.1. The Kier molecular flexibility index (Phi) is 6.89. The second-order valence-electron chi connectivity index (χ2n) is 8.46. The molecule has 0 saturated carbocycles. The molecule has 10 nitrogen and oxygen atoms in total. The lowest BCUT2D eigenvalue weighted by Gasteiger charge is -2.37. The number of carbonyl (C=O) groups is 1. The molecular formula is C26H27N9O. The zero-order valence-electron chi connectivity index (χ0n) is 19.8. The maximum Gasteiger partial charge on any atom is 0.252 e. The quantitative estimate of drug-likeness (QED) is 0.458. The number of hydrogen-bond donors (Lipinski definition) is 3. The Balaban J connectivity index is 1.19. The monoisotopic (exact) mass is 481 g/mol. The molecule has 0 bridgehead atoms. The molecule has 2 aromatic carbocycles. The van der Waals surface area contributed by atoms with Crippen molar-refractivity contribution in [3.63, 3.8) is 0 Å². The van der Waals surface area contributed by atoms with E-state index in [0.717, 1.165) is 62.2 Å². The highest BCUT2D eigenvalue weighted by atomic mass is 16.1. The van der Waals surface area contributed by atoms with Gasteiger partial charge in [0.15, 0.2) is 5.96 Å². The molecule has 0 radical (unpaired) electrons. The molecule has 182 valence electrons. The molecule has 2 aliphatic rings. The van der Waals surface area contributed by atoms with Gasteiger partial charge in [0.25, 0.3) is 5.91 Å². The Hall–Kier alpha value is -4.65. The smallest absolute Gasteiger partial charge is 0.252 e. The Morgan fingerprint density at radius 1 is 1.00 bits per heavy atom. The maximum absolute atomic E-state index is 12.0. The van der Waals surface area contributed by atoms with E-state index in [-0.39, 0.29) is 12.5 Å². The largest absolute Gasteiger partial charge is 0.368 e. The van der Waals surface area contributed by atoms with Crippen molar-refractivity contribution in [1.82, 2.24) is 25.5 Å². The summed E-state index contributed by atoms with van der Waals surface area (Å²) < 4.78 is 0.